The predicted molar refractivity (Wildman–Crippen MR) is 89.9 cm³/mol. The summed E-state index contributed by atoms with van der Waals surface area (Å²) in [7, 11) is -3.13. The van der Waals surface area contributed by atoms with E-state index in [4.69, 9.17) is 0 Å². The van der Waals surface area contributed by atoms with Gasteiger partial charge in [0.15, 0.2) is 0 Å². The minimum Gasteiger partial charge on any atom is -0.317 e. The van der Waals surface area contributed by atoms with Crippen LogP contribution >= 0.6 is 0 Å². The van der Waals surface area contributed by atoms with E-state index in [9.17, 15) is 8.42 Å². The van der Waals surface area contributed by atoms with E-state index in [0.29, 0.717) is 24.1 Å². The van der Waals surface area contributed by atoms with Crippen LogP contribution in [0.3, 0.4) is 0 Å². The molecule has 0 aromatic rings. The lowest BCUT2D eigenvalue weighted by Crippen LogP contribution is -2.43. The summed E-state index contributed by atoms with van der Waals surface area (Å²) in [5.41, 5.74) is 0. The number of rotatable bonds is 9. The van der Waals surface area contributed by atoms with Gasteiger partial charge in [-0.05, 0) is 57.0 Å². The Balaban J connectivity index is 2.68. The van der Waals surface area contributed by atoms with Crippen molar-refractivity contribution in [3.05, 3.63) is 0 Å². The number of sulfonamides is 1. The number of piperidine rings is 1. The highest BCUT2D eigenvalue weighted by atomic mass is 32.2. The molecule has 1 saturated heterocycles. The summed E-state index contributed by atoms with van der Waals surface area (Å²) in [6.07, 6.45) is 4.85. The van der Waals surface area contributed by atoms with Crippen molar-refractivity contribution >= 4 is 10.0 Å². The maximum absolute atomic E-state index is 12.8. The fraction of sp³-hybridized carbons (Fsp3) is 1.00. The van der Waals surface area contributed by atoms with Gasteiger partial charge in [0, 0.05) is 12.6 Å². The summed E-state index contributed by atoms with van der Waals surface area (Å²) in [5, 5.41) is 3.34. The summed E-state index contributed by atoms with van der Waals surface area (Å²) in [6, 6.07) is 0.158. The Kier molecular flexibility index (Phi) is 8.21. The highest BCUT2D eigenvalue weighted by Crippen LogP contribution is 2.21. The zero-order chi connectivity index (χ0) is 15.9. The molecule has 0 aromatic carbocycles. The molecule has 1 heterocycles. The molecule has 4 nitrogen and oxygen atoms in total. The second kappa shape index (κ2) is 9.11. The maximum Gasteiger partial charge on any atom is 0.214 e. The number of hydrogen-bond acceptors (Lipinski definition) is 3. The molecule has 0 aliphatic carbocycles. The van der Waals surface area contributed by atoms with Gasteiger partial charge in [-0.25, -0.2) is 8.42 Å². The number of nitrogens with one attached hydrogen (secondary N) is 1. The SMILES string of the molecule is CCC(CC)N(CC(C)C)S(=O)(=O)CCC1CCNCC1. The Morgan fingerprint density at radius 3 is 2.19 bits per heavy atom. The van der Waals surface area contributed by atoms with Crippen molar-refractivity contribution in [1.29, 1.82) is 0 Å². The van der Waals surface area contributed by atoms with Crippen LogP contribution in [-0.2, 0) is 10.0 Å². The van der Waals surface area contributed by atoms with Crippen LogP contribution in [0.1, 0.15) is 59.8 Å². The first kappa shape index (κ1) is 18.9. The Morgan fingerprint density at radius 1 is 1.14 bits per heavy atom. The fourth-order valence-electron chi connectivity index (χ4n) is 3.15. The zero-order valence-electron chi connectivity index (χ0n) is 14.3. The average Bonchev–Trinajstić information content (AvgIpc) is 2.46. The molecule has 0 amide bonds. The van der Waals surface area contributed by atoms with Crippen molar-refractivity contribution in [2.45, 2.75) is 65.8 Å². The lowest BCUT2D eigenvalue weighted by Gasteiger charge is -2.32. The highest BCUT2D eigenvalue weighted by Gasteiger charge is 2.29. The third-order valence-corrected chi connectivity index (χ3v) is 6.41. The van der Waals surface area contributed by atoms with E-state index in [1.807, 2.05) is 0 Å². The maximum atomic E-state index is 12.8. The molecule has 21 heavy (non-hydrogen) atoms. The summed E-state index contributed by atoms with van der Waals surface area (Å²) in [5.74, 6) is 1.27. The molecule has 0 aromatic heterocycles. The van der Waals surface area contributed by atoms with Crippen molar-refractivity contribution in [1.82, 2.24) is 9.62 Å². The lowest BCUT2D eigenvalue weighted by atomic mass is 9.96. The molecule has 0 saturated carbocycles. The van der Waals surface area contributed by atoms with Crippen LogP contribution in [0.4, 0.5) is 0 Å². The van der Waals surface area contributed by atoms with E-state index in [1.54, 1.807) is 4.31 Å². The van der Waals surface area contributed by atoms with Crippen LogP contribution in [0.15, 0.2) is 0 Å². The van der Waals surface area contributed by atoms with Crippen LogP contribution in [0.5, 0.6) is 0 Å². The molecule has 0 bridgehead atoms. The van der Waals surface area contributed by atoms with Gasteiger partial charge in [-0.15, -0.1) is 0 Å². The topological polar surface area (TPSA) is 49.4 Å². The van der Waals surface area contributed by atoms with Gasteiger partial charge < -0.3 is 5.32 Å². The van der Waals surface area contributed by atoms with E-state index in [1.165, 1.54) is 0 Å². The van der Waals surface area contributed by atoms with Gasteiger partial charge in [-0.1, -0.05) is 27.7 Å². The normalized spacial score (nSPS) is 18.0. The predicted octanol–water partition coefficient (Wildman–Crippen LogP) is 2.85. The van der Waals surface area contributed by atoms with Gasteiger partial charge >= 0.3 is 0 Å². The Hall–Kier alpha value is -0.130. The molecular weight excluding hydrogens is 284 g/mol. The zero-order valence-corrected chi connectivity index (χ0v) is 15.1. The summed E-state index contributed by atoms with van der Waals surface area (Å²) in [6.45, 7) is 11.1. The molecule has 0 unspecified atom stereocenters. The van der Waals surface area contributed by atoms with Gasteiger partial charge in [0.25, 0.3) is 0 Å². The van der Waals surface area contributed by atoms with Gasteiger partial charge in [0.05, 0.1) is 5.75 Å². The fourth-order valence-corrected chi connectivity index (χ4v) is 5.29. The summed E-state index contributed by atoms with van der Waals surface area (Å²) >= 11 is 0. The highest BCUT2D eigenvalue weighted by molar-refractivity contribution is 7.89. The standard InChI is InChI=1S/C16H34N2O2S/c1-5-16(6-2)18(13-14(3)4)21(19,20)12-9-15-7-10-17-11-8-15/h14-17H,5-13H2,1-4H3. The monoisotopic (exact) mass is 318 g/mol. The molecule has 0 radical (unpaired) electrons. The first-order valence-corrected chi connectivity index (χ1v) is 10.2. The van der Waals surface area contributed by atoms with Crippen molar-refractivity contribution in [3.63, 3.8) is 0 Å². The number of nitrogens with zero attached hydrogens (tertiary/aromatic N) is 1. The molecule has 5 heteroatoms. The molecule has 1 aliphatic heterocycles. The molecule has 1 aliphatic rings. The van der Waals surface area contributed by atoms with E-state index < -0.39 is 10.0 Å². The number of hydrogen-bond donors (Lipinski definition) is 1. The molecule has 0 spiro atoms. The smallest absolute Gasteiger partial charge is 0.214 e. The van der Waals surface area contributed by atoms with Crippen molar-refractivity contribution < 1.29 is 8.42 Å². The third-order valence-electron chi connectivity index (χ3n) is 4.49. The van der Waals surface area contributed by atoms with Crippen LogP contribution in [0.25, 0.3) is 0 Å². The van der Waals surface area contributed by atoms with Crippen molar-refractivity contribution in [3.8, 4) is 0 Å². The third kappa shape index (κ3) is 6.25. The minimum absolute atomic E-state index is 0.158. The lowest BCUT2D eigenvalue weighted by molar-refractivity contribution is 0.274. The van der Waals surface area contributed by atoms with Crippen LogP contribution in [-0.4, -0.2) is 44.2 Å². The van der Waals surface area contributed by atoms with Crippen molar-refractivity contribution in [2.24, 2.45) is 11.8 Å². The second-order valence-electron chi connectivity index (χ2n) is 6.73. The molecule has 1 fully saturated rings. The first-order valence-electron chi connectivity index (χ1n) is 8.60. The van der Waals surface area contributed by atoms with Crippen LogP contribution < -0.4 is 5.32 Å². The first-order chi connectivity index (χ1) is 9.90. The molecular formula is C16H34N2O2S. The van der Waals surface area contributed by atoms with Crippen molar-refractivity contribution in [2.75, 3.05) is 25.4 Å². The van der Waals surface area contributed by atoms with E-state index >= 15 is 0 Å². The van der Waals surface area contributed by atoms with Gasteiger partial charge in [0.1, 0.15) is 0 Å². The Bertz CT molecular complexity index is 372. The summed E-state index contributed by atoms with van der Waals surface area (Å²) < 4.78 is 27.3. The van der Waals surface area contributed by atoms with E-state index in [0.717, 1.165) is 45.2 Å². The van der Waals surface area contributed by atoms with E-state index in [-0.39, 0.29) is 6.04 Å². The molecule has 1 N–H and O–H groups in total. The van der Waals surface area contributed by atoms with Gasteiger partial charge in [-0.2, -0.15) is 4.31 Å². The van der Waals surface area contributed by atoms with Gasteiger partial charge in [-0.3, -0.25) is 0 Å². The summed E-state index contributed by atoms with van der Waals surface area (Å²) in [4.78, 5) is 0. The largest absolute Gasteiger partial charge is 0.317 e. The average molecular weight is 319 g/mol. The Labute approximate surface area is 131 Å². The van der Waals surface area contributed by atoms with Gasteiger partial charge in [0.2, 0.25) is 10.0 Å². The second-order valence-corrected chi connectivity index (χ2v) is 8.77. The molecule has 1 rings (SSSR count). The quantitative estimate of drug-likeness (QED) is 0.711. The minimum atomic E-state index is -3.13. The van der Waals surface area contributed by atoms with E-state index in [2.05, 4.69) is 33.0 Å². The molecule has 126 valence electrons. The van der Waals surface area contributed by atoms with Crippen LogP contribution in [0, 0.1) is 11.8 Å². The Morgan fingerprint density at radius 2 is 1.71 bits per heavy atom. The van der Waals surface area contributed by atoms with Crippen LogP contribution in [0.2, 0.25) is 0 Å². The molecule has 0 atom stereocenters.